The molecule has 1 saturated carbocycles. The minimum atomic E-state index is -4.49. The normalized spacial score (nSPS) is 13.9. The van der Waals surface area contributed by atoms with Crippen molar-refractivity contribution in [1.29, 1.82) is 0 Å². The van der Waals surface area contributed by atoms with Gasteiger partial charge in [0.25, 0.3) is 0 Å². The lowest BCUT2D eigenvalue weighted by Crippen LogP contribution is -2.05. The summed E-state index contributed by atoms with van der Waals surface area (Å²) < 4.78 is 45.8. The topological polar surface area (TPSA) is 107 Å². The summed E-state index contributed by atoms with van der Waals surface area (Å²) in [5.74, 6) is 1.40. The summed E-state index contributed by atoms with van der Waals surface area (Å²) in [5.41, 5.74) is 2.70. The van der Waals surface area contributed by atoms with Crippen molar-refractivity contribution >= 4 is 11.0 Å². The molecule has 4 heterocycles. The van der Waals surface area contributed by atoms with Gasteiger partial charge in [0.05, 0.1) is 30.9 Å². The van der Waals surface area contributed by atoms with Crippen LogP contribution in [0.15, 0.2) is 49.2 Å². The first-order valence-electron chi connectivity index (χ1n) is 11.2. The average molecular weight is 492 g/mol. The Balaban J connectivity index is 1.30. The van der Waals surface area contributed by atoms with Crippen LogP contribution in [-0.4, -0.2) is 46.8 Å². The van der Waals surface area contributed by atoms with Gasteiger partial charge in [0.2, 0.25) is 5.88 Å². The van der Waals surface area contributed by atoms with Crippen LogP contribution < -0.4 is 4.74 Å². The molecule has 1 aliphatic carbocycles. The first-order valence-corrected chi connectivity index (χ1v) is 11.2. The number of alkyl halides is 3. The maximum atomic E-state index is 12.8. The number of halogens is 3. The van der Waals surface area contributed by atoms with Crippen LogP contribution in [0.1, 0.15) is 35.7 Å². The number of aromatic amines is 1. The lowest BCUT2D eigenvalue weighted by molar-refractivity contribution is -0.140. The highest BCUT2D eigenvalue weighted by Gasteiger charge is 2.34. The molecule has 182 valence electrons. The van der Waals surface area contributed by atoms with Gasteiger partial charge in [0.1, 0.15) is 17.7 Å². The fraction of sp³-hybridized carbons (Fsp3) is 0.250. The third-order valence-corrected chi connectivity index (χ3v) is 6.03. The minimum Gasteiger partial charge on any atom is -0.480 e. The first-order chi connectivity index (χ1) is 17.4. The number of nitrogens with one attached hydrogen (secondary N) is 1. The number of nitrogens with zero attached hydrogens (tertiary/aromatic N) is 7. The summed E-state index contributed by atoms with van der Waals surface area (Å²) in [6, 6.07) is 7.07. The van der Waals surface area contributed by atoms with Gasteiger partial charge in [0.15, 0.2) is 17.2 Å². The fourth-order valence-corrected chi connectivity index (χ4v) is 4.07. The van der Waals surface area contributed by atoms with E-state index in [1.165, 1.54) is 6.33 Å². The molecule has 0 saturated heterocycles. The number of benzene rings is 1. The van der Waals surface area contributed by atoms with Gasteiger partial charge in [-0.1, -0.05) is 24.3 Å². The van der Waals surface area contributed by atoms with Gasteiger partial charge >= 0.3 is 6.18 Å². The molecule has 1 N–H and O–H groups in total. The summed E-state index contributed by atoms with van der Waals surface area (Å²) in [6.07, 6.45) is 3.37. The number of H-pyrrole nitrogens is 1. The van der Waals surface area contributed by atoms with Crippen LogP contribution in [0, 0.1) is 0 Å². The molecule has 36 heavy (non-hydrogen) atoms. The quantitative estimate of drug-likeness (QED) is 0.368. The zero-order valence-electron chi connectivity index (χ0n) is 19.0. The predicted octanol–water partition coefficient (Wildman–Crippen LogP) is 4.63. The SMILES string of the molecule is COc1ncnc(C2CC2)c1-c1ncc2cnn(Cc3ccc(-c4nc(C(F)(F)F)c[nH]4)cc3)c2n1. The molecule has 0 radical (unpaired) electrons. The second-order valence-corrected chi connectivity index (χ2v) is 8.52. The zero-order chi connectivity index (χ0) is 24.9. The van der Waals surface area contributed by atoms with Crippen LogP contribution in [-0.2, 0) is 12.7 Å². The van der Waals surface area contributed by atoms with E-state index in [1.807, 2.05) is 12.1 Å². The Morgan fingerprint density at radius 3 is 2.56 bits per heavy atom. The van der Waals surface area contributed by atoms with Crippen molar-refractivity contribution in [1.82, 2.24) is 39.7 Å². The Hall–Kier alpha value is -4.35. The molecule has 0 unspecified atom stereocenters. The maximum absolute atomic E-state index is 12.8. The van der Waals surface area contributed by atoms with Gasteiger partial charge in [0, 0.05) is 23.9 Å². The van der Waals surface area contributed by atoms with Crippen LogP contribution in [0.5, 0.6) is 5.88 Å². The number of methoxy groups -OCH3 is 1. The number of ether oxygens (including phenoxy) is 1. The highest BCUT2D eigenvalue weighted by molar-refractivity contribution is 5.77. The standard InChI is InChI=1S/C24H19F3N8O/c1-36-23-18(19(14-6-7-14)30-12-31-23)21-28-8-16-9-32-35(22(16)34-21)11-13-2-4-15(5-3-13)20-29-10-17(33-20)24(25,26)27/h2-5,8-10,12,14H,6-7,11H2,1H3,(H,29,33). The molecule has 4 aromatic heterocycles. The molecule has 0 atom stereocenters. The molecule has 9 nitrogen and oxygen atoms in total. The van der Waals surface area contributed by atoms with Gasteiger partial charge < -0.3 is 9.72 Å². The summed E-state index contributed by atoms with van der Waals surface area (Å²) >= 11 is 0. The van der Waals surface area contributed by atoms with Gasteiger partial charge in [-0.15, -0.1) is 0 Å². The van der Waals surface area contributed by atoms with Gasteiger partial charge in [-0.25, -0.2) is 29.6 Å². The predicted molar refractivity (Wildman–Crippen MR) is 123 cm³/mol. The van der Waals surface area contributed by atoms with E-state index >= 15 is 0 Å². The average Bonchev–Trinajstić information content (AvgIpc) is 3.46. The lowest BCUT2D eigenvalue weighted by Gasteiger charge is -2.11. The Kier molecular flexibility index (Phi) is 5.16. The van der Waals surface area contributed by atoms with Gasteiger partial charge in [-0.05, 0) is 18.4 Å². The van der Waals surface area contributed by atoms with E-state index in [1.54, 1.807) is 36.3 Å². The zero-order valence-corrected chi connectivity index (χ0v) is 19.0. The summed E-state index contributed by atoms with van der Waals surface area (Å²) in [7, 11) is 1.56. The number of rotatable bonds is 6. The van der Waals surface area contributed by atoms with Crippen molar-refractivity contribution in [3.8, 4) is 28.7 Å². The fourth-order valence-electron chi connectivity index (χ4n) is 4.07. The molecule has 0 amide bonds. The van der Waals surface area contributed by atoms with Crippen molar-refractivity contribution in [3.63, 3.8) is 0 Å². The smallest absolute Gasteiger partial charge is 0.434 e. The number of imidazole rings is 1. The molecule has 0 spiro atoms. The van der Waals surface area contributed by atoms with Crippen molar-refractivity contribution in [2.75, 3.05) is 7.11 Å². The van der Waals surface area contributed by atoms with Crippen LogP contribution in [0.2, 0.25) is 0 Å². The Bertz CT molecular complexity index is 1550. The second kappa shape index (κ2) is 8.40. The molecule has 12 heteroatoms. The summed E-state index contributed by atoms with van der Waals surface area (Å²) in [4.78, 5) is 24.2. The highest BCUT2D eigenvalue weighted by atomic mass is 19.4. The van der Waals surface area contributed by atoms with Crippen molar-refractivity contribution < 1.29 is 17.9 Å². The van der Waals surface area contributed by atoms with Crippen LogP contribution >= 0.6 is 0 Å². The maximum Gasteiger partial charge on any atom is 0.434 e. The molecule has 1 aliphatic rings. The van der Waals surface area contributed by atoms with Crippen molar-refractivity contribution in [2.45, 2.75) is 31.5 Å². The first kappa shape index (κ1) is 22.1. The molecular weight excluding hydrogens is 473 g/mol. The minimum absolute atomic E-state index is 0.154. The number of hydrogen-bond acceptors (Lipinski definition) is 7. The van der Waals surface area contributed by atoms with E-state index in [0.717, 1.165) is 35.7 Å². The molecule has 1 fully saturated rings. The molecule has 6 rings (SSSR count). The Morgan fingerprint density at radius 1 is 1.06 bits per heavy atom. The Labute approximate surface area is 202 Å². The number of hydrogen-bond donors (Lipinski definition) is 1. The Morgan fingerprint density at radius 2 is 1.86 bits per heavy atom. The number of fused-ring (bicyclic) bond motifs is 1. The molecule has 0 bridgehead atoms. The summed E-state index contributed by atoms with van der Waals surface area (Å²) in [5, 5.41) is 5.23. The van der Waals surface area contributed by atoms with Crippen LogP contribution in [0.3, 0.4) is 0 Å². The highest BCUT2D eigenvalue weighted by Crippen LogP contribution is 2.44. The van der Waals surface area contributed by atoms with E-state index in [4.69, 9.17) is 9.72 Å². The van der Waals surface area contributed by atoms with E-state index in [-0.39, 0.29) is 5.82 Å². The second-order valence-electron chi connectivity index (χ2n) is 8.52. The number of aromatic nitrogens is 8. The van der Waals surface area contributed by atoms with Crippen LogP contribution in [0.4, 0.5) is 13.2 Å². The molecule has 0 aliphatic heterocycles. The molecular formula is C24H19F3N8O. The van der Waals surface area contributed by atoms with Crippen molar-refractivity contribution in [2.24, 2.45) is 0 Å². The van der Waals surface area contributed by atoms with Gasteiger partial charge in [-0.2, -0.15) is 18.3 Å². The third kappa shape index (κ3) is 4.04. The van der Waals surface area contributed by atoms with Gasteiger partial charge in [-0.3, -0.25) is 0 Å². The lowest BCUT2D eigenvalue weighted by atomic mass is 10.1. The van der Waals surface area contributed by atoms with E-state index in [0.29, 0.717) is 40.9 Å². The monoisotopic (exact) mass is 492 g/mol. The molecule has 1 aromatic carbocycles. The van der Waals surface area contributed by atoms with E-state index in [2.05, 4.69) is 30.0 Å². The third-order valence-electron chi connectivity index (χ3n) is 6.03. The van der Waals surface area contributed by atoms with E-state index in [9.17, 15) is 13.2 Å². The van der Waals surface area contributed by atoms with Crippen molar-refractivity contribution in [3.05, 3.63) is 66.1 Å². The van der Waals surface area contributed by atoms with E-state index < -0.39 is 11.9 Å². The molecule has 5 aromatic rings. The summed E-state index contributed by atoms with van der Waals surface area (Å²) in [6.45, 7) is 0.407. The van der Waals surface area contributed by atoms with Crippen LogP contribution in [0.25, 0.3) is 33.8 Å². The largest absolute Gasteiger partial charge is 0.480 e.